The molecule has 0 bridgehead atoms. The van der Waals surface area contributed by atoms with E-state index in [1.807, 2.05) is 4.90 Å². The van der Waals surface area contributed by atoms with Crippen LogP contribution < -0.4 is 5.32 Å². The highest BCUT2D eigenvalue weighted by Crippen LogP contribution is 2.29. The van der Waals surface area contributed by atoms with E-state index in [2.05, 4.69) is 5.32 Å². The highest BCUT2D eigenvalue weighted by molar-refractivity contribution is 5.90. The number of hydrogen-bond donors (Lipinski definition) is 2. The lowest BCUT2D eigenvalue weighted by molar-refractivity contribution is -0.130. The fraction of sp³-hybridized carbons (Fsp3) is 0.588. The Balaban J connectivity index is 1.55. The molecule has 7 heteroatoms. The van der Waals surface area contributed by atoms with E-state index in [1.54, 1.807) is 6.92 Å². The Morgan fingerprint density at radius 3 is 2.71 bits per heavy atom. The predicted octanol–water partition coefficient (Wildman–Crippen LogP) is 1.69. The van der Waals surface area contributed by atoms with Crippen molar-refractivity contribution in [2.24, 2.45) is 5.92 Å². The Hall–Kier alpha value is -2.31. The van der Waals surface area contributed by atoms with Crippen LogP contribution in [0.2, 0.25) is 0 Å². The minimum absolute atomic E-state index is 0.0593. The summed E-state index contributed by atoms with van der Waals surface area (Å²) in [6.07, 6.45) is 4.61. The Bertz CT molecular complexity index is 660. The third-order valence-electron chi connectivity index (χ3n) is 4.93. The minimum atomic E-state index is -1.05. The van der Waals surface area contributed by atoms with Crippen LogP contribution in [-0.4, -0.2) is 40.4 Å². The van der Waals surface area contributed by atoms with Crippen molar-refractivity contribution < 1.29 is 23.9 Å². The zero-order valence-electron chi connectivity index (χ0n) is 13.7. The van der Waals surface area contributed by atoms with Gasteiger partial charge in [0, 0.05) is 19.0 Å². The molecule has 1 saturated carbocycles. The van der Waals surface area contributed by atoms with Crippen LogP contribution in [0.4, 0.5) is 0 Å². The first-order valence-electron chi connectivity index (χ1n) is 8.35. The molecule has 2 N–H and O–H groups in total. The van der Waals surface area contributed by atoms with Gasteiger partial charge in [0.25, 0.3) is 0 Å². The molecule has 1 aliphatic heterocycles. The van der Waals surface area contributed by atoms with Gasteiger partial charge in [-0.05, 0) is 25.8 Å². The molecule has 1 saturated heterocycles. The molecule has 0 radical (unpaired) electrons. The molecule has 1 aliphatic carbocycles. The number of furan rings is 1. The topological polar surface area (TPSA) is 99.9 Å². The summed E-state index contributed by atoms with van der Waals surface area (Å²) >= 11 is 0. The molecule has 1 aromatic heterocycles. The highest BCUT2D eigenvalue weighted by Gasteiger charge is 2.38. The third-order valence-corrected chi connectivity index (χ3v) is 4.93. The first kappa shape index (κ1) is 16.5. The van der Waals surface area contributed by atoms with E-state index >= 15 is 0 Å². The normalized spacial score (nSPS) is 21.5. The predicted molar refractivity (Wildman–Crippen MR) is 84.3 cm³/mol. The fourth-order valence-electron chi connectivity index (χ4n) is 3.64. The molecule has 2 fully saturated rings. The zero-order valence-corrected chi connectivity index (χ0v) is 13.7. The molecule has 130 valence electrons. The molecule has 24 heavy (non-hydrogen) atoms. The number of carbonyl (C=O) groups is 3. The Morgan fingerprint density at radius 1 is 1.38 bits per heavy atom. The van der Waals surface area contributed by atoms with Crippen LogP contribution >= 0.6 is 0 Å². The molecular formula is C17H22N2O5. The molecule has 2 aliphatic rings. The second-order valence-electron chi connectivity index (χ2n) is 6.59. The van der Waals surface area contributed by atoms with Crippen molar-refractivity contribution in [1.82, 2.24) is 10.2 Å². The summed E-state index contributed by atoms with van der Waals surface area (Å²) in [6, 6.07) is 1.71. The number of likely N-dealkylation sites (tertiary alicyclic amines) is 1. The van der Waals surface area contributed by atoms with Crippen molar-refractivity contribution in [3.63, 3.8) is 0 Å². The monoisotopic (exact) mass is 334 g/mol. The molecule has 0 unspecified atom stereocenters. The van der Waals surface area contributed by atoms with Crippen LogP contribution in [0.25, 0.3) is 0 Å². The second kappa shape index (κ2) is 6.67. The number of carboxylic acid groups (broad SMARTS) is 1. The van der Waals surface area contributed by atoms with Gasteiger partial charge in [-0.25, -0.2) is 4.79 Å². The smallest absolute Gasteiger partial charge is 0.339 e. The van der Waals surface area contributed by atoms with Gasteiger partial charge in [-0.2, -0.15) is 0 Å². The summed E-state index contributed by atoms with van der Waals surface area (Å²) < 4.78 is 5.34. The maximum atomic E-state index is 12.3. The molecular weight excluding hydrogens is 312 g/mol. The average molecular weight is 334 g/mol. The number of nitrogens with one attached hydrogen (secondary N) is 1. The number of aryl methyl sites for hydroxylation is 1. The molecule has 2 heterocycles. The van der Waals surface area contributed by atoms with E-state index in [0.717, 1.165) is 25.7 Å². The van der Waals surface area contributed by atoms with Crippen LogP contribution in [-0.2, 0) is 16.1 Å². The number of carbonyl (C=O) groups excluding carboxylic acids is 2. The van der Waals surface area contributed by atoms with Gasteiger partial charge in [0.1, 0.15) is 17.1 Å². The van der Waals surface area contributed by atoms with Gasteiger partial charge in [0.05, 0.1) is 12.5 Å². The average Bonchev–Trinajstić information content (AvgIpc) is 3.24. The summed E-state index contributed by atoms with van der Waals surface area (Å²) in [5, 5.41) is 11.7. The first-order chi connectivity index (χ1) is 11.5. The van der Waals surface area contributed by atoms with Crippen molar-refractivity contribution in [2.45, 2.75) is 51.6 Å². The lowest BCUT2D eigenvalue weighted by Crippen LogP contribution is -2.36. The molecule has 1 aromatic rings. The maximum Gasteiger partial charge on any atom is 0.339 e. The number of hydrogen-bond acceptors (Lipinski definition) is 4. The van der Waals surface area contributed by atoms with Crippen LogP contribution in [0.3, 0.4) is 0 Å². The molecule has 0 spiro atoms. The lowest BCUT2D eigenvalue weighted by atomic mass is 10.1. The van der Waals surface area contributed by atoms with Crippen LogP contribution in [0.15, 0.2) is 10.5 Å². The lowest BCUT2D eigenvalue weighted by Gasteiger charge is -2.23. The minimum Gasteiger partial charge on any atom is -0.478 e. The SMILES string of the molecule is Cc1oc(CNC(=O)[C@@H]2CC(=O)N(C3CCCC3)C2)cc1C(=O)O. The summed E-state index contributed by atoms with van der Waals surface area (Å²) in [5.74, 6) is -0.806. The van der Waals surface area contributed by atoms with Crippen molar-refractivity contribution in [1.29, 1.82) is 0 Å². The molecule has 0 aromatic carbocycles. The maximum absolute atomic E-state index is 12.3. The standard InChI is InChI=1S/C17H22N2O5/c1-10-14(17(22)23)7-13(24-10)8-18-16(21)11-6-15(20)19(9-11)12-4-2-3-5-12/h7,11-12H,2-6,8-9H2,1H3,(H,18,21)(H,22,23)/t11-/m1/s1. The van der Waals surface area contributed by atoms with E-state index in [4.69, 9.17) is 9.52 Å². The van der Waals surface area contributed by atoms with E-state index < -0.39 is 5.97 Å². The Labute approximate surface area is 140 Å². The Kier molecular flexibility index (Phi) is 4.59. The molecule has 2 amide bonds. The zero-order chi connectivity index (χ0) is 17.3. The molecule has 7 nitrogen and oxygen atoms in total. The van der Waals surface area contributed by atoms with Crippen LogP contribution in [0, 0.1) is 12.8 Å². The van der Waals surface area contributed by atoms with Gasteiger partial charge in [-0.1, -0.05) is 12.8 Å². The quantitative estimate of drug-likeness (QED) is 0.853. The number of aromatic carboxylic acids is 1. The van der Waals surface area contributed by atoms with Gasteiger partial charge in [0.2, 0.25) is 11.8 Å². The van der Waals surface area contributed by atoms with Gasteiger partial charge < -0.3 is 19.7 Å². The summed E-state index contributed by atoms with van der Waals surface area (Å²) in [6.45, 7) is 2.18. The van der Waals surface area contributed by atoms with Crippen LogP contribution in [0.5, 0.6) is 0 Å². The van der Waals surface area contributed by atoms with Gasteiger partial charge in [-0.3, -0.25) is 9.59 Å². The van der Waals surface area contributed by atoms with Crippen molar-refractivity contribution in [3.8, 4) is 0 Å². The summed E-state index contributed by atoms with van der Waals surface area (Å²) in [5.41, 5.74) is 0.0997. The first-order valence-corrected chi connectivity index (χ1v) is 8.35. The van der Waals surface area contributed by atoms with Gasteiger partial charge in [0.15, 0.2) is 0 Å². The largest absolute Gasteiger partial charge is 0.478 e. The molecule has 1 atom stereocenters. The van der Waals surface area contributed by atoms with Crippen LogP contribution in [0.1, 0.15) is 54.0 Å². The number of nitrogens with zero attached hydrogens (tertiary/aromatic N) is 1. The van der Waals surface area contributed by atoms with Crippen molar-refractivity contribution in [2.75, 3.05) is 6.54 Å². The molecule has 3 rings (SSSR count). The van der Waals surface area contributed by atoms with Crippen molar-refractivity contribution in [3.05, 3.63) is 23.2 Å². The summed E-state index contributed by atoms with van der Waals surface area (Å²) in [4.78, 5) is 37.3. The highest BCUT2D eigenvalue weighted by atomic mass is 16.4. The van der Waals surface area contributed by atoms with E-state index in [9.17, 15) is 14.4 Å². The van der Waals surface area contributed by atoms with Gasteiger partial charge >= 0.3 is 5.97 Å². The second-order valence-corrected chi connectivity index (χ2v) is 6.59. The van der Waals surface area contributed by atoms with Crippen molar-refractivity contribution >= 4 is 17.8 Å². The van der Waals surface area contributed by atoms with Gasteiger partial charge in [-0.15, -0.1) is 0 Å². The summed E-state index contributed by atoms with van der Waals surface area (Å²) in [7, 11) is 0. The van der Waals surface area contributed by atoms with E-state index in [-0.39, 0.29) is 36.3 Å². The van der Waals surface area contributed by atoms with E-state index in [0.29, 0.717) is 24.1 Å². The third kappa shape index (κ3) is 3.29. The fourth-order valence-corrected chi connectivity index (χ4v) is 3.64. The number of rotatable bonds is 5. The number of carboxylic acids is 1. The van der Waals surface area contributed by atoms with E-state index in [1.165, 1.54) is 6.07 Å². The Morgan fingerprint density at radius 2 is 2.08 bits per heavy atom. The number of amides is 2.